The van der Waals surface area contributed by atoms with Crippen molar-refractivity contribution in [2.75, 3.05) is 26.2 Å². The van der Waals surface area contributed by atoms with Gasteiger partial charge in [0.15, 0.2) is 0 Å². The van der Waals surface area contributed by atoms with Gasteiger partial charge in [-0.25, -0.2) is 0 Å². The predicted molar refractivity (Wildman–Crippen MR) is 81.4 cm³/mol. The standard InChI is InChI=1S/C17H32N2/c1-15-6-5-11-18-16(15)14-19-12-9-17(10-13-19)7-3-2-4-8-17/h15-16,18H,2-14H2,1H3. The van der Waals surface area contributed by atoms with E-state index in [1.807, 2.05) is 0 Å². The number of piperidine rings is 2. The minimum absolute atomic E-state index is 0.758. The fraction of sp³-hybridized carbons (Fsp3) is 1.00. The Balaban J connectivity index is 1.47. The third-order valence-electron chi connectivity index (χ3n) is 6.22. The van der Waals surface area contributed by atoms with Crippen LogP contribution in [0.15, 0.2) is 0 Å². The van der Waals surface area contributed by atoms with Crippen LogP contribution in [0.4, 0.5) is 0 Å². The molecule has 19 heavy (non-hydrogen) atoms. The molecule has 1 saturated carbocycles. The molecule has 3 rings (SSSR count). The lowest BCUT2D eigenvalue weighted by Crippen LogP contribution is -2.51. The van der Waals surface area contributed by atoms with Gasteiger partial charge < -0.3 is 10.2 Å². The van der Waals surface area contributed by atoms with Crippen molar-refractivity contribution >= 4 is 0 Å². The summed E-state index contributed by atoms with van der Waals surface area (Å²) >= 11 is 0. The van der Waals surface area contributed by atoms with E-state index in [2.05, 4.69) is 17.1 Å². The van der Waals surface area contributed by atoms with Gasteiger partial charge in [-0.3, -0.25) is 0 Å². The van der Waals surface area contributed by atoms with Crippen molar-refractivity contribution < 1.29 is 0 Å². The van der Waals surface area contributed by atoms with Gasteiger partial charge in [0.05, 0.1) is 0 Å². The molecule has 2 atom stereocenters. The van der Waals surface area contributed by atoms with Crippen molar-refractivity contribution in [3.8, 4) is 0 Å². The Kier molecular flexibility index (Phi) is 4.48. The summed E-state index contributed by atoms with van der Waals surface area (Å²) in [6, 6.07) is 0.758. The van der Waals surface area contributed by atoms with E-state index in [9.17, 15) is 0 Å². The molecule has 0 aromatic heterocycles. The van der Waals surface area contributed by atoms with Crippen molar-refractivity contribution in [2.45, 2.75) is 70.8 Å². The van der Waals surface area contributed by atoms with E-state index < -0.39 is 0 Å². The molecule has 1 N–H and O–H groups in total. The van der Waals surface area contributed by atoms with Gasteiger partial charge in [0.1, 0.15) is 0 Å². The van der Waals surface area contributed by atoms with Crippen molar-refractivity contribution in [3.63, 3.8) is 0 Å². The SMILES string of the molecule is CC1CCCNC1CN1CCC2(CCCCC2)CC1. The lowest BCUT2D eigenvalue weighted by molar-refractivity contribution is 0.0568. The first-order valence-electron chi connectivity index (χ1n) is 8.73. The Bertz CT molecular complexity index is 273. The maximum absolute atomic E-state index is 3.75. The Hall–Kier alpha value is -0.0800. The Labute approximate surface area is 119 Å². The molecule has 2 saturated heterocycles. The zero-order chi connectivity index (χ0) is 13.1. The quantitative estimate of drug-likeness (QED) is 0.822. The lowest BCUT2D eigenvalue weighted by Gasteiger charge is -2.45. The first-order valence-corrected chi connectivity index (χ1v) is 8.73. The molecular weight excluding hydrogens is 232 g/mol. The highest BCUT2D eigenvalue weighted by atomic mass is 15.2. The monoisotopic (exact) mass is 264 g/mol. The molecule has 2 heteroatoms. The minimum atomic E-state index is 0.758. The second kappa shape index (κ2) is 6.13. The van der Waals surface area contributed by atoms with Crippen LogP contribution in [-0.4, -0.2) is 37.1 Å². The van der Waals surface area contributed by atoms with E-state index in [1.54, 1.807) is 0 Å². The number of nitrogens with zero attached hydrogens (tertiary/aromatic N) is 1. The predicted octanol–water partition coefficient (Wildman–Crippen LogP) is 3.42. The topological polar surface area (TPSA) is 15.3 Å². The molecule has 2 unspecified atom stereocenters. The van der Waals surface area contributed by atoms with Gasteiger partial charge in [-0.2, -0.15) is 0 Å². The molecule has 0 amide bonds. The second-order valence-electron chi connectivity index (χ2n) is 7.54. The Morgan fingerprint density at radius 1 is 1.00 bits per heavy atom. The summed E-state index contributed by atoms with van der Waals surface area (Å²) in [5.41, 5.74) is 0.764. The zero-order valence-electron chi connectivity index (χ0n) is 12.8. The fourth-order valence-corrected chi connectivity index (χ4v) is 4.65. The van der Waals surface area contributed by atoms with Crippen LogP contribution >= 0.6 is 0 Å². The molecular formula is C17H32N2. The molecule has 0 radical (unpaired) electrons. The summed E-state index contributed by atoms with van der Waals surface area (Å²) < 4.78 is 0. The summed E-state index contributed by atoms with van der Waals surface area (Å²) in [7, 11) is 0. The van der Waals surface area contributed by atoms with Gasteiger partial charge in [0.25, 0.3) is 0 Å². The third-order valence-corrected chi connectivity index (χ3v) is 6.22. The molecule has 1 aliphatic carbocycles. The van der Waals surface area contributed by atoms with Crippen LogP contribution in [-0.2, 0) is 0 Å². The molecule has 110 valence electrons. The van der Waals surface area contributed by atoms with Crippen LogP contribution in [0.3, 0.4) is 0 Å². The summed E-state index contributed by atoms with van der Waals surface area (Å²) in [4.78, 5) is 2.75. The summed E-state index contributed by atoms with van der Waals surface area (Å²) in [6.45, 7) is 7.71. The largest absolute Gasteiger partial charge is 0.312 e. The highest BCUT2D eigenvalue weighted by molar-refractivity contribution is 4.90. The number of hydrogen-bond donors (Lipinski definition) is 1. The molecule has 1 spiro atoms. The van der Waals surface area contributed by atoms with E-state index in [0.29, 0.717) is 0 Å². The van der Waals surface area contributed by atoms with Crippen molar-refractivity contribution in [1.29, 1.82) is 0 Å². The van der Waals surface area contributed by atoms with Gasteiger partial charge >= 0.3 is 0 Å². The summed E-state index contributed by atoms with van der Waals surface area (Å²) in [6.07, 6.45) is 13.3. The van der Waals surface area contributed by atoms with Crippen LogP contribution in [0.5, 0.6) is 0 Å². The highest BCUT2D eigenvalue weighted by Gasteiger charge is 2.36. The summed E-state index contributed by atoms with van der Waals surface area (Å²) in [5, 5.41) is 3.75. The van der Waals surface area contributed by atoms with Crippen LogP contribution in [0.2, 0.25) is 0 Å². The van der Waals surface area contributed by atoms with Gasteiger partial charge in [0.2, 0.25) is 0 Å². The Morgan fingerprint density at radius 2 is 1.74 bits per heavy atom. The number of rotatable bonds is 2. The van der Waals surface area contributed by atoms with E-state index in [4.69, 9.17) is 0 Å². The average Bonchev–Trinajstić information content (AvgIpc) is 2.45. The first-order chi connectivity index (χ1) is 9.27. The molecule has 2 aliphatic heterocycles. The van der Waals surface area contributed by atoms with Crippen LogP contribution < -0.4 is 5.32 Å². The van der Waals surface area contributed by atoms with E-state index in [0.717, 1.165) is 17.4 Å². The van der Waals surface area contributed by atoms with E-state index in [-0.39, 0.29) is 0 Å². The molecule has 3 fully saturated rings. The molecule has 0 bridgehead atoms. The van der Waals surface area contributed by atoms with Crippen molar-refractivity contribution in [2.24, 2.45) is 11.3 Å². The van der Waals surface area contributed by atoms with E-state index >= 15 is 0 Å². The molecule has 2 heterocycles. The molecule has 0 aromatic carbocycles. The van der Waals surface area contributed by atoms with Gasteiger partial charge in [-0.1, -0.05) is 26.2 Å². The van der Waals surface area contributed by atoms with E-state index in [1.165, 1.54) is 84.0 Å². The van der Waals surface area contributed by atoms with Gasteiger partial charge in [0, 0.05) is 12.6 Å². The number of hydrogen-bond acceptors (Lipinski definition) is 2. The molecule has 0 aromatic rings. The maximum atomic E-state index is 3.75. The summed E-state index contributed by atoms with van der Waals surface area (Å²) in [5.74, 6) is 0.874. The number of nitrogens with one attached hydrogen (secondary N) is 1. The fourth-order valence-electron chi connectivity index (χ4n) is 4.65. The highest BCUT2D eigenvalue weighted by Crippen LogP contribution is 2.44. The van der Waals surface area contributed by atoms with Gasteiger partial charge in [-0.05, 0) is 69.5 Å². The van der Waals surface area contributed by atoms with Crippen molar-refractivity contribution in [1.82, 2.24) is 10.2 Å². The first kappa shape index (κ1) is 13.9. The molecule has 3 aliphatic rings. The maximum Gasteiger partial charge on any atom is 0.0220 e. The zero-order valence-corrected chi connectivity index (χ0v) is 12.8. The third kappa shape index (κ3) is 3.33. The van der Waals surface area contributed by atoms with Gasteiger partial charge in [-0.15, -0.1) is 0 Å². The minimum Gasteiger partial charge on any atom is -0.312 e. The van der Waals surface area contributed by atoms with Crippen LogP contribution in [0.1, 0.15) is 64.7 Å². The normalized spacial score (nSPS) is 36.5. The van der Waals surface area contributed by atoms with Crippen molar-refractivity contribution in [3.05, 3.63) is 0 Å². The molecule has 2 nitrogen and oxygen atoms in total. The van der Waals surface area contributed by atoms with Crippen LogP contribution in [0, 0.1) is 11.3 Å². The second-order valence-corrected chi connectivity index (χ2v) is 7.54. The Morgan fingerprint density at radius 3 is 2.42 bits per heavy atom. The smallest absolute Gasteiger partial charge is 0.0220 e. The van der Waals surface area contributed by atoms with Crippen LogP contribution in [0.25, 0.3) is 0 Å². The average molecular weight is 264 g/mol. The number of likely N-dealkylation sites (tertiary alicyclic amines) is 1. The lowest BCUT2D eigenvalue weighted by atomic mass is 9.68.